The molecular weight excluding hydrogens is 412 g/mol. The van der Waals surface area contributed by atoms with Crippen LogP contribution in [0.25, 0.3) is 11.4 Å². The van der Waals surface area contributed by atoms with Gasteiger partial charge in [0.15, 0.2) is 5.82 Å². The van der Waals surface area contributed by atoms with Crippen molar-refractivity contribution in [3.05, 3.63) is 94.8 Å². The molecule has 0 spiro atoms. The number of benzene rings is 3. The molecule has 4 aromatic rings. The lowest BCUT2D eigenvalue weighted by Crippen LogP contribution is -2.28. The van der Waals surface area contributed by atoms with Crippen molar-refractivity contribution in [1.82, 2.24) is 20.5 Å². The zero-order chi connectivity index (χ0) is 22.3. The average Bonchev–Trinajstić information content (AvgIpc) is 3.28. The predicted molar refractivity (Wildman–Crippen MR) is 117 cm³/mol. The Kier molecular flexibility index (Phi) is 6.03. The molecule has 0 saturated carbocycles. The summed E-state index contributed by atoms with van der Waals surface area (Å²) in [6.45, 7) is 0.171. The third-order valence-electron chi connectivity index (χ3n) is 4.36. The standard InChI is InChI=1S/C22H18N6O4/c29-22(23-14-20-25-21(27-26-20)15-5-2-1-3-6-15)24-16-7-4-8-19(13-16)32-18-11-9-17(10-12-18)28(30)31/h1-13H,14H2,(H2,23,24,29)(H,25,26,27). The number of carbonyl (C=O) groups is 1. The number of H-pyrrole nitrogens is 1. The number of hydrogen-bond donors (Lipinski definition) is 3. The highest BCUT2D eigenvalue weighted by Crippen LogP contribution is 2.25. The van der Waals surface area contributed by atoms with Gasteiger partial charge < -0.3 is 15.4 Å². The van der Waals surface area contributed by atoms with Crippen LogP contribution in [0.2, 0.25) is 0 Å². The summed E-state index contributed by atoms with van der Waals surface area (Å²) in [5, 5.41) is 23.1. The van der Waals surface area contributed by atoms with E-state index in [2.05, 4.69) is 25.8 Å². The van der Waals surface area contributed by atoms with Gasteiger partial charge in [0, 0.05) is 29.4 Å². The van der Waals surface area contributed by atoms with Crippen LogP contribution in [0.1, 0.15) is 5.82 Å². The maximum atomic E-state index is 12.2. The second kappa shape index (κ2) is 9.39. The van der Waals surface area contributed by atoms with Crippen LogP contribution in [-0.2, 0) is 6.54 Å². The van der Waals surface area contributed by atoms with E-state index in [-0.39, 0.29) is 12.2 Å². The summed E-state index contributed by atoms with van der Waals surface area (Å²) in [6.07, 6.45) is 0. The van der Waals surface area contributed by atoms with Crippen molar-refractivity contribution in [2.75, 3.05) is 5.32 Å². The Morgan fingerprint density at radius 2 is 1.78 bits per heavy atom. The van der Waals surface area contributed by atoms with Gasteiger partial charge in [0.25, 0.3) is 5.69 Å². The Hall–Kier alpha value is -4.73. The van der Waals surface area contributed by atoms with Crippen LogP contribution in [-0.4, -0.2) is 26.1 Å². The number of rotatable bonds is 7. The van der Waals surface area contributed by atoms with E-state index < -0.39 is 11.0 Å². The molecule has 0 aliphatic carbocycles. The maximum Gasteiger partial charge on any atom is 0.319 e. The number of ether oxygens (including phenoxy) is 1. The van der Waals surface area contributed by atoms with Crippen molar-refractivity contribution >= 4 is 17.4 Å². The van der Waals surface area contributed by atoms with Gasteiger partial charge in [-0.2, -0.15) is 5.10 Å². The van der Waals surface area contributed by atoms with E-state index in [0.717, 1.165) is 5.56 Å². The van der Waals surface area contributed by atoms with Crippen molar-refractivity contribution in [2.24, 2.45) is 0 Å². The highest BCUT2D eigenvalue weighted by Gasteiger charge is 2.09. The number of nitro benzene ring substituents is 1. The lowest BCUT2D eigenvalue weighted by atomic mass is 10.2. The zero-order valence-electron chi connectivity index (χ0n) is 16.7. The smallest absolute Gasteiger partial charge is 0.319 e. The summed E-state index contributed by atoms with van der Waals surface area (Å²) in [7, 11) is 0. The molecule has 0 bridgehead atoms. The topological polar surface area (TPSA) is 135 Å². The number of urea groups is 1. The summed E-state index contributed by atoms with van der Waals surface area (Å²) in [5.41, 5.74) is 1.38. The Balaban J connectivity index is 1.32. The molecule has 0 aliphatic heterocycles. The number of amides is 2. The van der Waals surface area contributed by atoms with Gasteiger partial charge >= 0.3 is 6.03 Å². The van der Waals surface area contributed by atoms with Crippen molar-refractivity contribution in [2.45, 2.75) is 6.54 Å². The number of aromatic nitrogens is 3. The minimum absolute atomic E-state index is 0.0212. The normalized spacial score (nSPS) is 10.4. The Labute approximate surface area is 182 Å². The first-order chi connectivity index (χ1) is 15.6. The molecule has 4 rings (SSSR count). The van der Waals surface area contributed by atoms with Gasteiger partial charge in [-0.15, -0.1) is 0 Å². The molecule has 1 heterocycles. The molecule has 2 amide bonds. The van der Waals surface area contributed by atoms with Gasteiger partial charge in [0.05, 0.1) is 11.5 Å². The molecule has 32 heavy (non-hydrogen) atoms. The van der Waals surface area contributed by atoms with Crippen LogP contribution in [0, 0.1) is 10.1 Å². The molecule has 0 saturated heterocycles. The fourth-order valence-corrected chi connectivity index (χ4v) is 2.84. The molecule has 160 valence electrons. The largest absolute Gasteiger partial charge is 0.457 e. The average molecular weight is 430 g/mol. The van der Waals surface area contributed by atoms with Crippen LogP contribution < -0.4 is 15.4 Å². The SMILES string of the molecule is O=C(NCc1nc(-c2ccccc2)n[nH]1)Nc1cccc(Oc2ccc([N+](=O)[O-])cc2)c1. The number of hydrogen-bond acceptors (Lipinski definition) is 6. The molecule has 0 fully saturated rings. The lowest BCUT2D eigenvalue weighted by Gasteiger charge is -2.09. The van der Waals surface area contributed by atoms with E-state index in [0.29, 0.717) is 28.8 Å². The van der Waals surface area contributed by atoms with Crippen molar-refractivity contribution < 1.29 is 14.5 Å². The number of nitrogens with one attached hydrogen (secondary N) is 3. The zero-order valence-corrected chi connectivity index (χ0v) is 16.7. The van der Waals surface area contributed by atoms with Gasteiger partial charge in [-0.05, 0) is 24.3 Å². The number of aromatic amines is 1. The summed E-state index contributed by atoms with van der Waals surface area (Å²) in [4.78, 5) is 26.9. The van der Waals surface area contributed by atoms with Crippen LogP contribution in [0.15, 0.2) is 78.9 Å². The maximum absolute atomic E-state index is 12.2. The van der Waals surface area contributed by atoms with Crippen LogP contribution in [0.3, 0.4) is 0 Å². The van der Waals surface area contributed by atoms with Gasteiger partial charge in [0.1, 0.15) is 17.3 Å². The molecule has 0 radical (unpaired) electrons. The van der Waals surface area contributed by atoms with E-state index in [1.165, 1.54) is 24.3 Å². The quantitative estimate of drug-likeness (QED) is 0.292. The van der Waals surface area contributed by atoms with Crippen molar-refractivity contribution in [3.63, 3.8) is 0 Å². The van der Waals surface area contributed by atoms with Crippen molar-refractivity contribution in [3.8, 4) is 22.9 Å². The van der Waals surface area contributed by atoms with Gasteiger partial charge in [-0.3, -0.25) is 15.2 Å². The second-order valence-electron chi connectivity index (χ2n) is 6.66. The number of carbonyl (C=O) groups excluding carboxylic acids is 1. The van der Waals surface area contributed by atoms with Crippen molar-refractivity contribution in [1.29, 1.82) is 0 Å². The van der Waals surface area contributed by atoms with Gasteiger partial charge in [0.2, 0.25) is 0 Å². The first kappa shape index (κ1) is 20.5. The summed E-state index contributed by atoms with van der Waals surface area (Å²) in [6, 6.07) is 21.6. The summed E-state index contributed by atoms with van der Waals surface area (Å²) < 4.78 is 5.69. The fourth-order valence-electron chi connectivity index (χ4n) is 2.84. The second-order valence-corrected chi connectivity index (χ2v) is 6.66. The lowest BCUT2D eigenvalue weighted by molar-refractivity contribution is -0.384. The molecule has 1 aromatic heterocycles. The minimum atomic E-state index is -0.478. The van der Waals surface area contributed by atoms with E-state index in [9.17, 15) is 14.9 Å². The summed E-state index contributed by atoms with van der Waals surface area (Å²) >= 11 is 0. The number of nitro groups is 1. The van der Waals surface area contributed by atoms with Crippen LogP contribution in [0.4, 0.5) is 16.2 Å². The molecule has 0 unspecified atom stereocenters. The molecule has 3 aromatic carbocycles. The van der Waals surface area contributed by atoms with Crippen LogP contribution >= 0.6 is 0 Å². The molecule has 10 heteroatoms. The number of nitrogens with zero attached hydrogens (tertiary/aromatic N) is 3. The van der Waals surface area contributed by atoms with E-state index in [1.807, 2.05) is 30.3 Å². The third-order valence-corrected chi connectivity index (χ3v) is 4.36. The molecular formula is C22H18N6O4. The predicted octanol–water partition coefficient (Wildman–Crippen LogP) is 4.49. The molecule has 0 aliphatic rings. The monoisotopic (exact) mass is 430 g/mol. The third kappa shape index (κ3) is 5.25. The van der Waals surface area contributed by atoms with Gasteiger partial charge in [-0.25, -0.2) is 9.78 Å². The van der Waals surface area contributed by atoms with E-state index >= 15 is 0 Å². The fraction of sp³-hybridized carbons (Fsp3) is 0.0455. The first-order valence-electron chi connectivity index (χ1n) is 9.61. The van der Waals surface area contributed by atoms with Gasteiger partial charge in [-0.1, -0.05) is 36.4 Å². The molecule has 10 nitrogen and oxygen atoms in total. The summed E-state index contributed by atoms with van der Waals surface area (Å²) in [5.74, 6) is 1.99. The first-order valence-corrected chi connectivity index (χ1v) is 9.61. The molecule has 3 N–H and O–H groups in total. The Bertz CT molecular complexity index is 1220. The highest BCUT2D eigenvalue weighted by molar-refractivity contribution is 5.89. The van der Waals surface area contributed by atoms with Crippen LogP contribution in [0.5, 0.6) is 11.5 Å². The highest BCUT2D eigenvalue weighted by atomic mass is 16.6. The van der Waals surface area contributed by atoms with E-state index in [1.54, 1.807) is 24.3 Å². The number of non-ortho nitro benzene ring substituents is 1. The Morgan fingerprint density at radius 3 is 2.53 bits per heavy atom. The minimum Gasteiger partial charge on any atom is -0.457 e. The number of anilines is 1. The molecule has 0 atom stereocenters. The Morgan fingerprint density at radius 1 is 1.00 bits per heavy atom. The van der Waals surface area contributed by atoms with E-state index in [4.69, 9.17) is 4.74 Å².